The van der Waals surface area contributed by atoms with E-state index in [4.69, 9.17) is 9.97 Å². The van der Waals surface area contributed by atoms with Crippen molar-refractivity contribution in [1.82, 2.24) is 24.9 Å². The number of aromatic amines is 1. The lowest BCUT2D eigenvalue weighted by Crippen LogP contribution is -2.46. The highest BCUT2D eigenvalue weighted by molar-refractivity contribution is 5.75. The normalized spacial score (nSPS) is 20.3. The molecular formula is C24H22N6O. The molecule has 1 unspecified atom stereocenters. The summed E-state index contributed by atoms with van der Waals surface area (Å²) in [6.07, 6.45) is 9.09. The van der Waals surface area contributed by atoms with E-state index in [-0.39, 0.29) is 11.0 Å². The zero-order valence-corrected chi connectivity index (χ0v) is 17.1. The predicted molar refractivity (Wildman–Crippen MR) is 119 cm³/mol. The van der Waals surface area contributed by atoms with Crippen LogP contribution in [0.3, 0.4) is 0 Å². The maximum Gasteiger partial charge on any atom is 0.254 e. The minimum absolute atomic E-state index is 0.0247. The predicted octanol–water partition coefficient (Wildman–Crippen LogP) is 3.26. The van der Waals surface area contributed by atoms with Gasteiger partial charge >= 0.3 is 0 Å². The maximum atomic E-state index is 12.9. The minimum atomic E-state index is -0.133. The molecule has 1 aliphatic heterocycles. The fourth-order valence-corrected chi connectivity index (χ4v) is 5.12. The van der Waals surface area contributed by atoms with E-state index in [9.17, 15) is 4.79 Å². The van der Waals surface area contributed by atoms with Crippen molar-refractivity contribution in [2.45, 2.75) is 31.1 Å². The molecule has 1 aliphatic carbocycles. The Balaban J connectivity index is 1.40. The molecule has 0 radical (unpaired) electrons. The molecule has 31 heavy (non-hydrogen) atoms. The van der Waals surface area contributed by atoms with Crippen LogP contribution in [0.25, 0.3) is 22.4 Å². The molecule has 0 saturated carbocycles. The lowest BCUT2D eigenvalue weighted by atomic mass is 9.77. The quantitative estimate of drug-likeness (QED) is 0.546. The highest BCUT2D eigenvalue weighted by Crippen LogP contribution is 2.44. The average Bonchev–Trinajstić information content (AvgIpc) is 3.17. The van der Waals surface area contributed by atoms with Crippen LogP contribution >= 0.6 is 0 Å². The van der Waals surface area contributed by atoms with Crippen LogP contribution in [0.1, 0.15) is 30.5 Å². The van der Waals surface area contributed by atoms with E-state index in [1.165, 1.54) is 0 Å². The van der Waals surface area contributed by atoms with Crippen LogP contribution in [-0.2, 0) is 11.8 Å². The van der Waals surface area contributed by atoms with E-state index in [1.54, 1.807) is 12.4 Å². The van der Waals surface area contributed by atoms with Gasteiger partial charge in [0.15, 0.2) is 0 Å². The Morgan fingerprint density at radius 2 is 1.90 bits per heavy atom. The fraction of sp³-hybridized carbons (Fsp3) is 0.292. The molecule has 4 heterocycles. The molecule has 6 rings (SSSR count). The second kappa shape index (κ2) is 6.97. The number of anilines is 1. The molecule has 1 saturated heterocycles. The van der Waals surface area contributed by atoms with Crippen molar-refractivity contribution in [1.29, 1.82) is 0 Å². The van der Waals surface area contributed by atoms with Crippen molar-refractivity contribution >= 4 is 16.9 Å². The monoisotopic (exact) mass is 410 g/mol. The number of benzene rings is 1. The molecule has 3 aromatic heterocycles. The minimum Gasteiger partial charge on any atom is -0.354 e. The number of para-hydroxylation sites is 2. The summed E-state index contributed by atoms with van der Waals surface area (Å²) in [6.45, 7) is 1.73. The van der Waals surface area contributed by atoms with Gasteiger partial charge in [-0.15, -0.1) is 0 Å². The van der Waals surface area contributed by atoms with Crippen LogP contribution in [0.4, 0.5) is 5.82 Å². The number of hydrogen-bond donors (Lipinski definition) is 1. The van der Waals surface area contributed by atoms with Crippen molar-refractivity contribution in [3.63, 3.8) is 0 Å². The standard InChI is InChI=1S/C24H22N6O/c31-23-17-8-10-24(21(17)28-22(29-23)16-5-3-11-25-13-16)9-4-12-30(15-24)20-14-26-18-6-1-2-7-19(18)27-20/h1-3,5-7,11,13-14H,4,8-10,12,15H2,(H,28,29,31). The number of H-pyrrole nitrogens is 1. The Morgan fingerprint density at radius 1 is 1.00 bits per heavy atom. The molecule has 7 nitrogen and oxygen atoms in total. The molecule has 7 heteroatoms. The highest BCUT2D eigenvalue weighted by Gasteiger charge is 2.45. The van der Waals surface area contributed by atoms with E-state index < -0.39 is 0 Å². The first-order valence-corrected chi connectivity index (χ1v) is 10.7. The summed E-state index contributed by atoms with van der Waals surface area (Å²) in [4.78, 5) is 36.8. The number of nitrogens with one attached hydrogen (secondary N) is 1. The number of hydrogen-bond acceptors (Lipinski definition) is 6. The van der Waals surface area contributed by atoms with Gasteiger partial charge in [-0.1, -0.05) is 12.1 Å². The molecule has 1 fully saturated rings. The zero-order chi connectivity index (χ0) is 20.8. The molecule has 1 atom stereocenters. The first-order valence-electron chi connectivity index (χ1n) is 10.7. The number of pyridine rings is 1. The van der Waals surface area contributed by atoms with Crippen molar-refractivity contribution in [3.8, 4) is 11.4 Å². The third kappa shape index (κ3) is 3.00. The Labute approximate surface area is 179 Å². The molecule has 1 N–H and O–H groups in total. The van der Waals surface area contributed by atoms with Gasteiger partial charge in [0.2, 0.25) is 0 Å². The summed E-state index contributed by atoms with van der Waals surface area (Å²) in [5, 5.41) is 0. The third-order valence-corrected chi connectivity index (χ3v) is 6.64. The number of fused-ring (bicyclic) bond motifs is 3. The van der Waals surface area contributed by atoms with Crippen LogP contribution in [0.2, 0.25) is 0 Å². The van der Waals surface area contributed by atoms with E-state index in [0.717, 1.165) is 72.4 Å². The SMILES string of the molecule is O=c1[nH]c(-c2cccnc2)nc2c1CCC21CCCN(c2cnc3ccccc3n2)C1. The van der Waals surface area contributed by atoms with Gasteiger partial charge in [-0.3, -0.25) is 14.8 Å². The van der Waals surface area contributed by atoms with Gasteiger partial charge in [0.25, 0.3) is 5.56 Å². The number of aromatic nitrogens is 5. The van der Waals surface area contributed by atoms with E-state index in [1.807, 2.05) is 42.6 Å². The summed E-state index contributed by atoms with van der Waals surface area (Å²) < 4.78 is 0. The summed E-state index contributed by atoms with van der Waals surface area (Å²) in [7, 11) is 0. The van der Waals surface area contributed by atoms with Crippen LogP contribution < -0.4 is 10.5 Å². The zero-order valence-electron chi connectivity index (χ0n) is 17.1. The van der Waals surface area contributed by atoms with E-state index >= 15 is 0 Å². The third-order valence-electron chi connectivity index (χ3n) is 6.64. The van der Waals surface area contributed by atoms with Crippen molar-refractivity contribution < 1.29 is 0 Å². The summed E-state index contributed by atoms with van der Waals surface area (Å²) in [5.74, 6) is 1.49. The molecule has 2 aliphatic rings. The van der Waals surface area contributed by atoms with Crippen LogP contribution in [0, 0.1) is 0 Å². The first kappa shape index (κ1) is 18.2. The number of piperidine rings is 1. The van der Waals surface area contributed by atoms with E-state index in [2.05, 4.69) is 19.9 Å². The number of rotatable bonds is 2. The summed E-state index contributed by atoms with van der Waals surface area (Å²) in [6, 6.07) is 11.7. The molecular weight excluding hydrogens is 388 g/mol. The van der Waals surface area contributed by atoms with Gasteiger partial charge in [-0.25, -0.2) is 9.97 Å². The number of nitrogens with zero attached hydrogens (tertiary/aromatic N) is 5. The molecule has 0 bridgehead atoms. The Kier molecular flexibility index (Phi) is 4.09. The van der Waals surface area contributed by atoms with Crippen LogP contribution in [0.5, 0.6) is 0 Å². The first-order chi connectivity index (χ1) is 15.2. The van der Waals surface area contributed by atoms with Crippen molar-refractivity contribution in [3.05, 3.63) is 76.6 Å². The van der Waals surface area contributed by atoms with Gasteiger partial charge in [0.1, 0.15) is 11.6 Å². The molecule has 1 spiro atoms. The lowest BCUT2D eigenvalue weighted by molar-refractivity contribution is 0.333. The summed E-state index contributed by atoms with van der Waals surface area (Å²) in [5.41, 5.74) is 4.26. The van der Waals surface area contributed by atoms with Crippen molar-refractivity contribution in [2.75, 3.05) is 18.0 Å². The smallest absolute Gasteiger partial charge is 0.254 e. The molecule has 1 aromatic carbocycles. The van der Waals surface area contributed by atoms with Gasteiger partial charge in [0.05, 0.1) is 22.9 Å². The second-order valence-corrected chi connectivity index (χ2v) is 8.51. The topological polar surface area (TPSA) is 87.7 Å². The largest absolute Gasteiger partial charge is 0.354 e. The molecule has 4 aromatic rings. The lowest BCUT2D eigenvalue weighted by Gasteiger charge is -2.41. The van der Waals surface area contributed by atoms with Gasteiger partial charge in [-0.2, -0.15) is 0 Å². The summed E-state index contributed by atoms with van der Waals surface area (Å²) >= 11 is 0. The maximum absolute atomic E-state index is 12.9. The highest BCUT2D eigenvalue weighted by atomic mass is 16.1. The Hall–Kier alpha value is -3.61. The fourth-order valence-electron chi connectivity index (χ4n) is 5.12. The van der Waals surface area contributed by atoms with Gasteiger partial charge in [-0.05, 0) is 49.9 Å². The van der Waals surface area contributed by atoms with Crippen molar-refractivity contribution in [2.24, 2.45) is 0 Å². The van der Waals surface area contributed by atoms with Crippen LogP contribution in [-0.4, -0.2) is 38.0 Å². The Morgan fingerprint density at radius 3 is 2.77 bits per heavy atom. The second-order valence-electron chi connectivity index (χ2n) is 8.51. The van der Waals surface area contributed by atoms with Gasteiger partial charge in [0, 0.05) is 42.0 Å². The molecule has 0 amide bonds. The van der Waals surface area contributed by atoms with Crippen LogP contribution in [0.15, 0.2) is 59.8 Å². The van der Waals surface area contributed by atoms with Gasteiger partial charge < -0.3 is 9.88 Å². The average molecular weight is 410 g/mol. The Bertz CT molecular complexity index is 1330. The molecule has 154 valence electrons. The van der Waals surface area contributed by atoms with E-state index in [0.29, 0.717) is 5.82 Å².